The van der Waals surface area contributed by atoms with Crippen molar-refractivity contribution in [2.45, 2.75) is 6.92 Å². The molecule has 0 fully saturated rings. The highest BCUT2D eigenvalue weighted by Gasteiger charge is 2.29. The number of rotatable bonds is 3. The summed E-state index contributed by atoms with van der Waals surface area (Å²) in [6, 6.07) is 3.20. The number of phenolic OH excluding ortho intramolecular Hbond substituents is 1. The van der Waals surface area contributed by atoms with Gasteiger partial charge in [0, 0.05) is 18.6 Å². The van der Waals surface area contributed by atoms with Gasteiger partial charge in [-0.15, -0.1) is 11.3 Å². The van der Waals surface area contributed by atoms with E-state index in [0.717, 1.165) is 5.56 Å². The molecule has 8 nitrogen and oxygen atoms in total. The number of nitrogen functional groups attached to an aromatic ring is 1. The fourth-order valence-corrected chi connectivity index (χ4v) is 4.25. The van der Waals surface area contributed by atoms with Gasteiger partial charge in [0.15, 0.2) is 5.65 Å². The Labute approximate surface area is 162 Å². The second-order valence-electron chi connectivity index (χ2n) is 6.03. The summed E-state index contributed by atoms with van der Waals surface area (Å²) in [4.78, 5) is 16.6. The number of nitrogens with two attached hydrogens (primary N) is 2. The van der Waals surface area contributed by atoms with Gasteiger partial charge in [-0.25, -0.2) is 4.98 Å². The first-order valence-electron chi connectivity index (χ1n) is 7.87. The molecule has 3 aromatic heterocycles. The molecule has 0 unspecified atom stereocenters. The SMILES string of the molecule is Cc1ccc(O)c(Cl)c1-n1c(N)c(C(N)=O)c2c(-c3nccs3)n(C)nc21. The van der Waals surface area contributed by atoms with E-state index in [2.05, 4.69) is 10.1 Å². The minimum Gasteiger partial charge on any atom is -0.506 e. The summed E-state index contributed by atoms with van der Waals surface area (Å²) in [6.45, 7) is 1.82. The number of nitrogens with zero attached hydrogens (tertiary/aromatic N) is 4. The van der Waals surface area contributed by atoms with Crippen LogP contribution in [0, 0.1) is 6.92 Å². The average molecular weight is 403 g/mol. The van der Waals surface area contributed by atoms with Gasteiger partial charge in [0.25, 0.3) is 5.91 Å². The third-order valence-corrected chi connectivity index (χ3v) is 5.54. The van der Waals surface area contributed by atoms with Gasteiger partial charge in [-0.3, -0.25) is 14.0 Å². The van der Waals surface area contributed by atoms with E-state index >= 15 is 0 Å². The van der Waals surface area contributed by atoms with Crippen molar-refractivity contribution in [3.8, 4) is 22.1 Å². The van der Waals surface area contributed by atoms with Gasteiger partial charge in [-0.2, -0.15) is 5.10 Å². The number of amides is 1. The van der Waals surface area contributed by atoms with Crippen LogP contribution >= 0.6 is 22.9 Å². The van der Waals surface area contributed by atoms with Crippen LogP contribution in [-0.4, -0.2) is 30.3 Å². The van der Waals surface area contributed by atoms with Gasteiger partial charge < -0.3 is 16.6 Å². The van der Waals surface area contributed by atoms with Crippen molar-refractivity contribution >= 4 is 45.7 Å². The summed E-state index contributed by atoms with van der Waals surface area (Å²) in [5.74, 6) is -0.680. The molecule has 4 aromatic rings. The molecule has 0 aliphatic heterocycles. The molecule has 0 spiro atoms. The smallest absolute Gasteiger partial charge is 0.253 e. The molecule has 0 aliphatic rings. The van der Waals surface area contributed by atoms with Crippen molar-refractivity contribution < 1.29 is 9.90 Å². The van der Waals surface area contributed by atoms with E-state index in [1.807, 2.05) is 12.3 Å². The third-order valence-electron chi connectivity index (χ3n) is 4.39. The number of aromatic hydroxyl groups is 1. The molecule has 0 saturated carbocycles. The van der Waals surface area contributed by atoms with Crippen molar-refractivity contribution in [1.29, 1.82) is 0 Å². The number of aryl methyl sites for hydroxylation is 2. The highest BCUT2D eigenvalue weighted by Crippen LogP contribution is 2.42. The van der Waals surface area contributed by atoms with E-state index in [4.69, 9.17) is 23.1 Å². The summed E-state index contributed by atoms with van der Waals surface area (Å²) in [6.07, 6.45) is 1.67. The Balaban J connectivity index is 2.20. The number of thiazole rings is 1. The number of anilines is 1. The Hall–Kier alpha value is -3.04. The fourth-order valence-electron chi connectivity index (χ4n) is 3.24. The molecule has 0 atom stereocenters. The Bertz CT molecular complexity index is 1210. The molecule has 0 radical (unpaired) electrons. The molecule has 10 heteroatoms. The predicted molar refractivity (Wildman–Crippen MR) is 105 cm³/mol. The lowest BCUT2D eigenvalue weighted by Crippen LogP contribution is -2.14. The topological polar surface area (TPSA) is 125 Å². The standard InChI is InChI=1S/C17H15ClN6O2S/c1-7-3-4-8(25)11(18)12(7)24-14(19)10(15(20)26)9-13(17-21-5-6-27-17)23(2)22-16(9)24/h3-6,25H,19H2,1-2H3,(H2,20,26). The van der Waals surface area contributed by atoms with Crippen LogP contribution in [0.15, 0.2) is 23.7 Å². The quantitative estimate of drug-likeness (QED) is 0.486. The summed E-state index contributed by atoms with van der Waals surface area (Å²) >= 11 is 7.76. The lowest BCUT2D eigenvalue weighted by Gasteiger charge is -2.13. The number of halogens is 1. The lowest BCUT2D eigenvalue weighted by atomic mass is 10.1. The van der Waals surface area contributed by atoms with Gasteiger partial charge in [0.1, 0.15) is 27.3 Å². The molecule has 1 amide bonds. The van der Waals surface area contributed by atoms with Crippen LogP contribution in [0.3, 0.4) is 0 Å². The number of carbonyl (C=O) groups excluding carboxylic acids is 1. The molecule has 0 saturated heterocycles. The summed E-state index contributed by atoms with van der Waals surface area (Å²) in [5, 5.41) is 17.7. The monoisotopic (exact) mass is 402 g/mol. The van der Waals surface area contributed by atoms with Crippen LogP contribution in [0.4, 0.5) is 5.82 Å². The van der Waals surface area contributed by atoms with E-state index in [-0.39, 0.29) is 22.2 Å². The Morgan fingerprint density at radius 1 is 1.37 bits per heavy atom. The highest BCUT2D eigenvalue weighted by atomic mass is 35.5. The zero-order valence-electron chi connectivity index (χ0n) is 14.4. The van der Waals surface area contributed by atoms with Crippen LogP contribution < -0.4 is 11.5 Å². The molecule has 0 bridgehead atoms. The Kier molecular flexibility index (Phi) is 3.86. The highest BCUT2D eigenvalue weighted by molar-refractivity contribution is 7.13. The minimum absolute atomic E-state index is 0.102. The van der Waals surface area contributed by atoms with E-state index in [9.17, 15) is 9.90 Å². The zero-order chi connectivity index (χ0) is 19.5. The molecule has 5 N–H and O–H groups in total. The van der Waals surface area contributed by atoms with Gasteiger partial charge >= 0.3 is 0 Å². The van der Waals surface area contributed by atoms with Crippen molar-refractivity contribution in [2.24, 2.45) is 12.8 Å². The summed E-state index contributed by atoms with van der Waals surface area (Å²) in [7, 11) is 1.75. The number of phenols is 1. The van der Waals surface area contributed by atoms with Crippen LogP contribution in [0.1, 0.15) is 15.9 Å². The van der Waals surface area contributed by atoms with Gasteiger partial charge in [-0.1, -0.05) is 17.7 Å². The van der Waals surface area contributed by atoms with Crippen LogP contribution in [-0.2, 0) is 7.05 Å². The number of benzene rings is 1. The van der Waals surface area contributed by atoms with Crippen LogP contribution in [0.2, 0.25) is 5.02 Å². The van der Waals surface area contributed by atoms with E-state index in [1.54, 1.807) is 28.6 Å². The molecule has 0 aliphatic carbocycles. The van der Waals surface area contributed by atoms with Crippen LogP contribution in [0.25, 0.3) is 27.4 Å². The maximum absolute atomic E-state index is 12.2. The molecule has 4 rings (SSSR count). The molecule has 27 heavy (non-hydrogen) atoms. The predicted octanol–water partition coefficient (Wildman–Crippen LogP) is 2.84. The fraction of sp³-hybridized carbons (Fsp3) is 0.118. The molecule has 138 valence electrons. The number of fused-ring (bicyclic) bond motifs is 1. The first kappa shape index (κ1) is 17.4. The normalized spacial score (nSPS) is 11.4. The van der Waals surface area contributed by atoms with Gasteiger partial charge in [0.2, 0.25) is 0 Å². The minimum atomic E-state index is -0.684. The van der Waals surface area contributed by atoms with Crippen LogP contribution in [0.5, 0.6) is 5.75 Å². The first-order valence-corrected chi connectivity index (χ1v) is 9.13. The number of carbonyl (C=O) groups is 1. The molecule has 3 heterocycles. The second kappa shape index (κ2) is 6.00. The summed E-state index contributed by atoms with van der Waals surface area (Å²) < 4.78 is 3.17. The molecule has 1 aromatic carbocycles. The number of aromatic nitrogens is 4. The van der Waals surface area contributed by atoms with E-state index in [1.165, 1.54) is 17.4 Å². The molecular weight excluding hydrogens is 388 g/mol. The van der Waals surface area contributed by atoms with E-state index in [0.29, 0.717) is 27.4 Å². The largest absolute Gasteiger partial charge is 0.506 e. The third kappa shape index (κ3) is 2.39. The van der Waals surface area contributed by atoms with E-state index < -0.39 is 5.91 Å². The maximum Gasteiger partial charge on any atom is 0.253 e. The Morgan fingerprint density at radius 2 is 2.11 bits per heavy atom. The second-order valence-corrected chi connectivity index (χ2v) is 7.30. The number of hydrogen-bond donors (Lipinski definition) is 3. The summed E-state index contributed by atoms with van der Waals surface area (Å²) in [5.41, 5.74) is 14.3. The maximum atomic E-state index is 12.2. The average Bonchev–Trinajstić information content (AvgIpc) is 3.28. The van der Waals surface area contributed by atoms with Crippen molar-refractivity contribution in [3.05, 3.63) is 39.9 Å². The Morgan fingerprint density at radius 3 is 2.74 bits per heavy atom. The lowest BCUT2D eigenvalue weighted by molar-refractivity contribution is 0.100. The number of hydrogen-bond acceptors (Lipinski definition) is 6. The number of primary amides is 1. The first-order chi connectivity index (χ1) is 12.8. The van der Waals surface area contributed by atoms with Gasteiger partial charge in [0.05, 0.1) is 16.6 Å². The molecular formula is C17H15ClN6O2S. The van der Waals surface area contributed by atoms with Crippen molar-refractivity contribution in [1.82, 2.24) is 19.3 Å². The van der Waals surface area contributed by atoms with Gasteiger partial charge in [-0.05, 0) is 18.6 Å². The van der Waals surface area contributed by atoms with Crippen molar-refractivity contribution in [3.63, 3.8) is 0 Å². The van der Waals surface area contributed by atoms with Crippen molar-refractivity contribution in [2.75, 3.05) is 5.73 Å². The zero-order valence-corrected chi connectivity index (χ0v) is 16.0.